The Morgan fingerprint density at radius 2 is 1.86 bits per heavy atom. The molecule has 8 atom stereocenters. The zero-order chi connectivity index (χ0) is 30.3. The molecule has 0 aromatic carbocycles. The lowest BCUT2D eigenvalue weighted by atomic mass is 9.46. The standard InChI is InChI=1S/C33H45FO8/c1-4-15-40-30(39)42-33(27(37)19-41-28(38)10-9-20-7-5-6-8-20)14-12-23-22-17-25(34)24-16-21(35)11-13-31(24,2)29(22)26(36)18-32(23,33)3/h11,13,16,20,22-23,25-26,29,36H,4-10,12,14-15,17-19H2,1-3H3/t22-,23-,25-,26?,29+,31-,32-,33-/m0/s1. The van der Waals surface area contributed by atoms with E-state index in [0.717, 1.165) is 19.3 Å². The highest BCUT2D eigenvalue weighted by atomic mass is 19.1. The number of allylic oxidation sites excluding steroid dienone is 4. The third-order valence-corrected chi connectivity index (χ3v) is 11.3. The highest BCUT2D eigenvalue weighted by Gasteiger charge is 2.71. The molecule has 5 rings (SSSR count). The molecule has 5 aliphatic rings. The van der Waals surface area contributed by atoms with Crippen LogP contribution in [0.3, 0.4) is 0 Å². The number of carbonyl (C=O) groups excluding carboxylic acids is 4. The second-order valence-electron chi connectivity index (χ2n) is 13.6. The summed E-state index contributed by atoms with van der Waals surface area (Å²) in [6, 6.07) is 0. The van der Waals surface area contributed by atoms with Crippen LogP contribution in [0.4, 0.5) is 9.18 Å². The van der Waals surface area contributed by atoms with E-state index in [-0.39, 0.29) is 55.8 Å². The molecule has 0 bridgehead atoms. The van der Waals surface area contributed by atoms with Crippen molar-refractivity contribution in [3.05, 3.63) is 23.8 Å². The van der Waals surface area contributed by atoms with Gasteiger partial charge < -0.3 is 19.3 Å². The number of alkyl halides is 1. The first-order valence-electron chi connectivity index (χ1n) is 15.8. The van der Waals surface area contributed by atoms with Crippen molar-refractivity contribution in [1.82, 2.24) is 0 Å². The lowest BCUT2D eigenvalue weighted by molar-refractivity contribution is -0.187. The average molecular weight is 589 g/mol. The number of ketones is 2. The number of fused-ring (bicyclic) bond motifs is 5. The summed E-state index contributed by atoms with van der Waals surface area (Å²) in [5, 5.41) is 11.7. The van der Waals surface area contributed by atoms with Crippen molar-refractivity contribution < 1.29 is 42.9 Å². The van der Waals surface area contributed by atoms with Crippen molar-refractivity contribution in [3.63, 3.8) is 0 Å². The number of halogens is 1. The molecule has 0 aromatic rings. The summed E-state index contributed by atoms with van der Waals surface area (Å²) in [6.45, 7) is 5.12. The SMILES string of the molecule is CCCOC(=O)O[C@]1(C(=O)COC(=O)CCC2CCCC2)CC[C@H]2[C@@H]3C[C@H](F)C4=CC(=O)C=C[C@]4(C)[C@H]3C(O)C[C@@]21C. The maximum atomic E-state index is 15.7. The Bertz CT molecular complexity index is 1160. The second-order valence-corrected chi connectivity index (χ2v) is 13.6. The van der Waals surface area contributed by atoms with Crippen LogP contribution in [0.2, 0.25) is 0 Å². The molecule has 0 radical (unpaired) electrons. The van der Waals surface area contributed by atoms with Gasteiger partial charge in [0.25, 0.3) is 0 Å². The fraction of sp³-hybridized carbons (Fsp3) is 0.758. The zero-order valence-electron chi connectivity index (χ0n) is 25.1. The summed E-state index contributed by atoms with van der Waals surface area (Å²) in [7, 11) is 0. The van der Waals surface area contributed by atoms with Gasteiger partial charge in [-0.2, -0.15) is 0 Å². The highest BCUT2D eigenvalue weighted by Crippen LogP contribution is 2.68. The number of carbonyl (C=O) groups is 4. The molecule has 0 amide bonds. The van der Waals surface area contributed by atoms with E-state index in [0.29, 0.717) is 24.3 Å². The van der Waals surface area contributed by atoms with Crippen molar-refractivity contribution >= 4 is 23.7 Å². The molecule has 1 unspecified atom stereocenters. The first-order valence-corrected chi connectivity index (χ1v) is 15.8. The van der Waals surface area contributed by atoms with Crippen LogP contribution in [0.25, 0.3) is 0 Å². The molecule has 0 aromatic heterocycles. The lowest BCUT2D eigenvalue weighted by Gasteiger charge is -2.60. The summed E-state index contributed by atoms with van der Waals surface area (Å²) < 4.78 is 32.4. The predicted molar refractivity (Wildman–Crippen MR) is 151 cm³/mol. The molecule has 42 heavy (non-hydrogen) atoms. The molecule has 232 valence electrons. The first kappa shape index (κ1) is 30.9. The lowest BCUT2D eigenvalue weighted by Crippen LogP contribution is -2.64. The number of hydrogen-bond donors (Lipinski definition) is 1. The van der Waals surface area contributed by atoms with Gasteiger partial charge >= 0.3 is 12.1 Å². The van der Waals surface area contributed by atoms with E-state index >= 15 is 4.39 Å². The van der Waals surface area contributed by atoms with Gasteiger partial charge in [-0.05, 0) is 74.0 Å². The fourth-order valence-corrected chi connectivity index (χ4v) is 9.32. The van der Waals surface area contributed by atoms with Gasteiger partial charge in [-0.1, -0.05) is 52.5 Å². The Morgan fingerprint density at radius 1 is 1.12 bits per heavy atom. The van der Waals surface area contributed by atoms with Crippen LogP contribution >= 0.6 is 0 Å². The van der Waals surface area contributed by atoms with E-state index in [1.54, 1.807) is 6.08 Å². The van der Waals surface area contributed by atoms with Crippen LogP contribution in [0, 0.1) is 34.5 Å². The van der Waals surface area contributed by atoms with Crippen molar-refractivity contribution in [2.75, 3.05) is 13.2 Å². The third kappa shape index (κ3) is 5.24. The number of aliphatic hydroxyl groups is 1. The monoisotopic (exact) mass is 588 g/mol. The number of hydrogen-bond acceptors (Lipinski definition) is 8. The van der Waals surface area contributed by atoms with Gasteiger partial charge in [-0.3, -0.25) is 14.4 Å². The van der Waals surface area contributed by atoms with E-state index < -0.39 is 53.2 Å². The topological polar surface area (TPSA) is 116 Å². The molecule has 5 aliphatic carbocycles. The van der Waals surface area contributed by atoms with Crippen LogP contribution in [0.5, 0.6) is 0 Å². The van der Waals surface area contributed by atoms with Gasteiger partial charge in [0.05, 0.1) is 12.7 Å². The van der Waals surface area contributed by atoms with Crippen LogP contribution in [-0.4, -0.2) is 59.9 Å². The van der Waals surface area contributed by atoms with Gasteiger partial charge in [0.1, 0.15) is 6.17 Å². The number of rotatable bonds is 9. The molecule has 8 nitrogen and oxygen atoms in total. The minimum Gasteiger partial charge on any atom is -0.457 e. The molecular formula is C33H45FO8. The van der Waals surface area contributed by atoms with Gasteiger partial charge in [-0.25, -0.2) is 9.18 Å². The van der Waals surface area contributed by atoms with Crippen LogP contribution in [-0.2, 0) is 28.6 Å². The Hall–Kier alpha value is -2.55. The number of Topliss-reactive ketones (excluding diaryl/α,β-unsaturated/α-hetero) is 1. The molecule has 0 aliphatic heterocycles. The van der Waals surface area contributed by atoms with Crippen molar-refractivity contribution in [2.24, 2.45) is 34.5 Å². The van der Waals surface area contributed by atoms with Crippen LogP contribution in [0.15, 0.2) is 23.8 Å². The van der Waals surface area contributed by atoms with Crippen molar-refractivity contribution in [1.29, 1.82) is 0 Å². The van der Waals surface area contributed by atoms with E-state index in [1.807, 2.05) is 20.8 Å². The van der Waals surface area contributed by atoms with E-state index in [2.05, 4.69) is 0 Å². The van der Waals surface area contributed by atoms with Gasteiger partial charge in [0.15, 0.2) is 18.0 Å². The second kappa shape index (κ2) is 11.9. The predicted octanol–water partition coefficient (Wildman–Crippen LogP) is 5.60. The molecule has 0 heterocycles. The number of ether oxygens (including phenoxy) is 3. The Labute approximate surface area is 247 Å². The average Bonchev–Trinajstić information content (AvgIpc) is 3.56. The highest BCUT2D eigenvalue weighted by molar-refractivity contribution is 6.01. The van der Waals surface area contributed by atoms with Crippen LogP contribution in [0.1, 0.15) is 91.4 Å². The first-order chi connectivity index (χ1) is 19.9. The minimum absolute atomic E-state index is 0.102. The summed E-state index contributed by atoms with van der Waals surface area (Å²) in [4.78, 5) is 51.6. The third-order valence-electron chi connectivity index (χ3n) is 11.3. The van der Waals surface area contributed by atoms with Crippen molar-refractivity contribution in [3.8, 4) is 0 Å². The van der Waals surface area contributed by atoms with Crippen molar-refractivity contribution in [2.45, 2.75) is 109 Å². The van der Waals surface area contributed by atoms with Gasteiger partial charge in [0.2, 0.25) is 5.78 Å². The van der Waals surface area contributed by atoms with Crippen LogP contribution < -0.4 is 0 Å². The maximum Gasteiger partial charge on any atom is 0.509 e. The zero-order valence-corrected chi connectivity index (χ0v) is 25.1. The largest absolute Gasteiger partial charge is 0.509 e. The molecular weight excluding hydrogens is 543 g/mol. The quantitative estimate of drug-likeness (QED) is 0.346. The summed E-state index contributed by atoms with van der Waals surface area (Å²) in [5.41, 5.74) is -3.19. The van der Waals surface area contributed by atoms with Gasteiger partial charge in [0, 0.05) is 23.2 Å². The summed E-state index contributed by atoms with van der Waals surface area (Å²) in [5.74, 6) is -1.71. The van der Waals surface area contributed by atoms with E-state index in [4.69, 9.17) is 14.2 Å². The number of aliphatic hydroxyl groups excluding tert-OH is 1. The molecule has 4 saturated carbocycles. The number of esters is 1. The fourth-order valence-electron chi connectivity index (χ4n) is 9.32. The molecule has 0 spiro atoms. The Balaban J connectivity index is 1.40. The maximum absolute atomic E-state index is 15.7. The van der Waals surface area contributed by atoms with E-state index in [9.17, 15) is 24.3 Å². The molecule has 9 heteroatoms. The van der Waals surface area contributed by atoms with E-state index in [1.165, 1.54) is 25.0 Å². The normalized spacial score (nSPS) is 39.1. The summed E-state index contributed by atoms with van der Waals surface area (Å²) >= 11 is 0. The summed E-state index contributed by atoms with van der Waals surface area (Å²) in [6.07, 6.45) is 8.16. The van der Waals surface area contributed by atoms with Gasteiger partial charge in [-0.15, -0.1) is 0 Å². The molecule has 1 N–H and O–H groups in total. The molecule has 0 saturated heterocycles. The Kier molecular flexibility index (Phi) is 8.72. The minimum atomic E-state index is -1.69. The Morgan fingerprint density at radius 3 is 2.57 bits per heavy atom. The smallest absolute Gasteiger partial charge is 0.457 e. The molecule has 4 fully saturated rings.